The van der Waals surface area contributed by atoms with Crippen molar-refractivity contribution in [3.63, 3.8) is 0 Å². The third kappa shape index (κ3) is 6.65. The monoisotopic (exact) mass is 552 g/mol. The van der Waals surface area contributed by atoms with Crippen molar-refractivity contribution in [1.29, 1.82) is 5.26 Å². The van der Waals surface area contributed by atoms with Gasteiger partial charge in [-0.1, -0.05) is 20.8 Å². The first kappa shape index (κ1) is 29.4. The van der Waals surface area contributed by atoms with Gasteiger partial charge in [-0.05, 0) is 43.0 Å². The molecule has 0 fully saturated rings. The number of pyridine rings is 2. The zero-order chi connectivity index (χ0) is 29.3. The van der Waals surface area contributed by atoms with Crippen molar-refractivity contribution < 1.29 is 36.3 Å². The van der Waals surface area contributed by atoms with E-state index >= 15 is 4.39 Å². The third-order valence-electron chi connectivity index (χ3n) is 5.62. The van der Waals surface area contributed by atoms with Gasteiger partial charge in [0.05, 0.1) is 5.56 Å². The van der Waals surface area contributed by atoms with Crippen molar-refractivity contribution in [2.45, 2.75) is 65.0 Å². The van der Waals surface area contributed by atoms with Crippen molar-refractivity contribution in [1.82, 2.24) is 15.3 Å². The molecule has 2 aromatic heterocycles. The molecule has 14 heteroatoms. The summed E-state index contributed by atoms with van der Waals surface area (Å²) in [5.74, 6) is -3.11. The maximum Gasteiger partial charge on any atom is 0.428 e. The molecular weight excluding hydrogens is 527 g/mol. The van der Waals surface area contributed by atoms with Gasteiger partial charge in [0.2, 0.25) is 12.0 Å². The number of aryl methyl sites for hydroxylation is 1. The highest BCUT2D eigenvalue weighted by Gasteiger charge is 2.59. The van der Waals surface area contributed by atoms with E-state index in [-0.39, 0.29) is 23.5 Å². The Bertz CT molecular complexity index is 1370. The van der Waals surface area contributed by atoms with E-state index in [9.17, 15) is 27.2 Å². The van der Waals surface area contributed by atoms with Gasteiger partial charge >= 0.3 is 6.18 Å². The largest absolute Gasteiger partial charge is 0.449 e. The third-order valence-corrected chi connectivity index (χ3v) is 5.62. The maximum absolute atomic E-state index is 15.4. The molecule has 9 nitrogen and oxygen atoms in total. The summed E-state index contributed by atoms with van der Waals surface area (Å²) in [5, 5.41) is 13.4. The standard InChI is InChI=1S/C25H25F5N6O3/c1-12-8-13(10-31)11-32-17(12)21(38)34-15-7-6-14(26)19(33-15)24(5)18(27)20(25(28,29)30)39-22(36-24)35-16(37)9-23(2,3)4/h6-8,11,18,20H,9H2,1-5H3,(H,33,34,38)(H,35,36,37)/t18-,20-,24-/m0/s1. The molecule has 208 valence electrons. The van der Waals surface area contributed by atoms with Crippen LogP contribution in [0.1, 0.15) is 61.4 Å². The number of nitriles is 1. The summed E-state index contributed by atoms with van der Waals surface area (Å²) in [6, 6.07) is 4.12. The van der Waals surface area contributed by atoms with Crippen LogP contribution in [0, 0.1) is 29.5 Å². The molecule has 1 aliphatic heterocycles. The van der Waals surface area contributed by atoms with E-state index in [2.05, 4.69) is 30.3 Å². The summed E-state index contributed by atoms with van der Waals surface area (Å²) in [7, 11) is 0. The molecule has 1 aliphatic rings. The first-order chi connectivity index (χ1) is 17.9. The molecule has 0 radical (unpaired) electrons. The van der Waals surface area contributed by atoms with Crippen LogP contribution in [0.25, 0.3) is 0 Å². The zero-order valence-corrected chi connectivity index (χ0v) is 21.6. The van der Waals surface area contributed by atoms with Crippen LogP contribution in [-0.2, 0) is 15.1 Å². The number of alkyl halides is 4. The van der Waals surface area contributed by atoms with Crippen molar-refractivity contribution in [3.8, 4) is 6.07 Å². The fourth-order valence-corrected chi connectivity index (χ4v) is 3.81. The number of amides is 2. The quantitative estimate of drug-likeness (QED) is 0.539. The number of aliphatic imine (C=N–C) groups is 1. The normalized spacial score (nSPS) is 21.3. The minimum Gasteiger partial charge on any atom is -0.449 e. The van der Waals surface area contributed by atoms with E-state index in [1.807, 2.05) is 6.07 Å². The van der Waals surface area contributed by atoms with E-state index in [0.717, 1.165) is 25.3 Å². The van der Waals surface area contributed by atoms with E-state index in [1.165, 1.54) is 13.0 Å². The number of hydrogen-bond donors (Lipinski definition) is 2. The highest BCUT2D eigenvalue weighted by atomic mass is 19.4. The molecule has 0 spiro atoms. The van der Waals surface area contributed by atoms with Gasteiger partial charge in [-0.3, -0.25) is 14.9 Å². The molecule has 39 heavy (non-hydrogen) atoms. The number of aromatic nitrogens is 2. The topological polar surface area (TPSA) is 129 Å². The molecule has 3 atom stereocenters. The second kappa shape index (κ2) is 10.5. The number of carbonyl (C=O) groups excluding carboxylic acids is 2. The van der Waals surface area contributed by atoms with Crippen molar-refractivity contribution >= 4 is 23.7 Å². The lowest BCUT2D eigenvalue weighted by Crippen LogP contribution is -2.57. The molecule has 2 amide bonds. The van der Waals surface area contributed by atoms with Crippen molar-refractivity contribution in [3.05, 3.63) is 52.7 Å². The van der Waals surface area contributed by atoms with Gasteiger partial charge in [-0.2, -0.15) is 18.4 Å². The maximum atomic E-state index is 15.4. The lowest BCUT2D eigenvalue weighted by molar-refractivity contribution is -0.228. The number of amidine groups is 1. The molecule has 0 unspecified atom stereocenters. The molecule has 2 aromatic rings. The summed E-state index contributed by atoms with van der Waals surface area (Å²) in [6.07, 6.45) is -10.3. The highest BCUT2D eigenvalue weighted by Crippen LogP contribution is 2.42. The Labute approximate surface area is 220 Å². The molecule has 0 aliphatic carbocycles. The fourth-order valence-electron chi connectivity index (χ4n) is 3.81. The number of hydrogen-bond acceptors (Lipinski definition) is 7. The van der Waals surface area contributed by atoms with Gasteiger partial charge in [0, 0.05) is 12.6 Å². The Morgan fingerprint density at radius 1 is 1.21 bits per heavy atom. The van der Waals surface area contributed by atoms with Crippen LogP contribution in [0.2, 0.25) is 0 Å². The number of nitrogens with one attached hydrogen (secondary N) is 2. The highest BCUT2D eigenvalue weighted by molar-refractivity contribution is 6.03. The zero-order valence-electron chi connectivity index (χ0n) is 21.6. The molecule has 2 N–H and O–H groups in total. The van der Waals surface area contributed by atoms with Gasteiger partial charge in [0.15, 0.2) is 6.17 Å². The van der Waals surface area contributed by atoms with Crippen LogP contribution in [0.4, 0.5) is 27.8 Å². The predicted octanol–water partition coefficient (Wildman–Crippen LogP) is 4.47. The molecule has 0 saturated carbocycles. The lowest BCUT2D eigenvalue weighted by Gasteiger charge is -2.39. The van der Waals surface area contributed by atoms with E-state index in [4.69, 9.17) is 5.26 Å². The Hall–Kier alpha value is -4.15. The summed E-state index contributed by atoms with van der Waals surface area (Å²) in [5.41, 5.74) is -3.58. The van der Waals surface area contributed by atoms with E-state index in [1.54, 1.807) is 20.8 Å². The molecule has 3 rings (SSSR count). The Morgan fingerprint density at radius 3 is 2.44 bits per heavy atom. The number of ether oxygens (including phenoxy) is 1. The molecule has 0 bridgehead atoms. The SMILES string of the molecule is Cc1cc(C#N)cnc1C(=O)Nc1ccc(F)c([C@@]2(C)N=C(NC(=O)CC(C)(C)C)O[C@H](C(F)(F)F)[C@@H]2F)n1. The molecular formula is C25H25F5N6O3. The second-order valence-electron chi connectivity index (χ2n) is 10.3. The predicted molar refractivity (Wildman–Crippen MR) is 129 cm³/mol. The Balaban J connectivity index is 2.02. The first-order valence-electron chi connectivity index (χ1n) is 11.6. The smallest absolute Gasteiger partial charge is 0.428 e. The average molecular weight is 553 g/mol. The summed E-state index contributed by atoms with van der Waals surface area (Å²) in [6.45, 7) is 7.53. The van der Waals surface area contributed by atoms with Crippen LogP contribution < -0.4 is 10.6 Å². The molecule has 3 heterocycles. The van der Waals surface area contributed by atoms with Crippen LogP contribution in [0.3, 0.4) is 0 Å². The minimum atomic E-state index is -5.25. The Kier molecular flexibility index (Phi) is 7.95. The van der Waals surface area contributed by atoms with Crippen molar-refractivity contribution in [2.24, 2.45) is 10.4 Å². The Morgan fingerprint density at radius 2 is 1.87 bits per heavy atom. The molecule has 0 saturated heterocycles. The second-order valence-corrected chi connectivity index (χ2v) is 10.3. The number of halogens is 5. The van der Waals surface area contributed by atoms with Gasteiger partial charge in [-0.15, -0.1) is 0 Å². The van der Waals surface area contributed by atoms with Gasteiger partial charge in [0.1, 0.15) is 34.6 Å². The fraction of sp³-hybridized carbons (Fsp3) is 0.440. The van der Waals surface area contributed by atoms with Gasteiger partial charge in [-0.25, -0.2) is 23.7 Å². The van der Waals surface area contributed by atoms with Crippen LogP contribution >= 0.6 is 0 Å². The van der Waals surface area contributed by atoms with Crippen molar-refractivity contribution in [2.75, 3.05) is 5.32 Å². The minimum absolute atomic E-state index is 0.0960. The average Bonchev–Trinajstić information content (AvgIpc) is 2.80. The summed E-state index contributed by atoms with van der Waals surface area (Å²) >= 11 is 0. The van der Waals surface area contributed by atoms with Crippen LogP contribution in [0.15, 0.2) is 29.4 Å². The summed E-state index contributed by atoms with van der Waals surface area (Å²) < 4.78 is 76.2. The van der Waals surface area contributed by atoms with Gasteiger partial charge in [0.25, 0.3) is 11.9 Å². The molecule has 0 aromatic carbocycles. The summed E-state index contributed by atoms with van der Waals surface area (Å²) in [4.78, 5) is 36.6. The van der Waals surface area contributed by atoms with E-state index in [0.29, 0.717) is 5.56 Å². The van der Waals surface area contributed by atoms with E-state index < -0.39 is 58.8 Å². The first-order valence-corrected chi connectivity index (χ1v) is 11.6. The number of carbonyl (C=O) groups is 2. The van der Waals surface area contributed by atoms with Crippen LogP contribution in [-0.4, -0.2) is 46.3 Å². The number of anilines is 1. The lowest BCUT2D eigenvalue weighted by atomic mass is 9.87. The van der Waals surface area contributed by atoms with Crippen LogP contribution in [0.5, 0.6) is 0 Å². The number of rotatable bonds is 4. The van der Waals surface area contributed by atoms with Gasteiger partial charge < -0.3 is 10.1 Å². The number of nitrogens with zero attached hydrogens (tertiary/aromatic N) is 4.